The lowest BCUT2D eigenvalue weighted by molar-refractivity contribution is 0.926. The number of anilines is 1. The molecule has 88 valence electrons. The van der Waals surface area contributed by atoms with Gasteiger partial charge in [0.15, 0.2) is 5.82 Å². The minimum atomic E-state index is 0.397. The Morgan fingerprint density at radius 1 is 1.47 bits per heavy atom. The number of nitrogen functional groups attached to an aromatic ring is 1. The largest absolute Gasteiger partial charge is 0.335 e. The van der Waals surface area contributed by atoms with Crippen molar-refractivity contribution in [1.29, 1.82) is 0 Å². The van der Waals surface area contributed by atoms with E-state index in [1.54, 1.807) is 13.1 Å². The van der Waals surface area contributed by atoms with Crippen molar-refractivity contribution >= 4 is 28.1 Å². The second kappa shape index (κ2) is 4.96. The molecule has 0 spiro atoms. The topological polar surface area (TPSA) is 81.1 Å². The van der Waals surface area contributed by atoms with Crippen molar-refractivity contribution < 1.29 is 0 Å². The highest BCUT2D eigenvalue weighted by atomic mass is 79.9. The molecule has 2 rings (SSSR count). The maximum Gasteiger partial charge on any atom is 0.263 e. The lowest BCUT2D eigenvalue weighted by Gasteiger charge is -1.99. The van der Waals surface area contributed by atoms with E-state index in [4.69, 9.17) is 5.84 Å². The summed E-state index contributed by atoms with van der Waals surface area (Å²) in [6, 6.07) is 7.77. The Hall–Kier alpha value is -1.89. The van der Waals surface area contributed by atoms with Crippen LogP contribution in [0, 0.1) is 6.92 Å². The molecule has 0 unspecified atom stereocenters. The summed E-state index contributed by atoms with van der Waals surface area (Å²) in [7, 11) is 0. The van der Waals surface area contributed by atoms with Crippen LogP contribution in [0.3, 0.4) is 0 Å². The Bertz CT molecular complexity index is 547. The molecule has 0 atom stereocenters. The molecule has 1 aromatic carbocycles. The zero-order chi connectivity index (χ0) is 12.3. The number of nitrogens with zero attached hydrogens (tertiary/aromatic N) is 4. The monoisotopic (exact) mass is 294 g/mol. The van der Waals surface area contributed by atoms with Gasteiger partial charge in [-0.15, -0.1) is 10.2 Å². The highest BCUT2D eigenvalue weighted by Gasteiger charge is 2.02. The Balaban J connectivity index is 2.05. The number of hydrazone groups is 1. The van der Waals surface area contributed by atoms with Crippen molar-refractivity contribution in [3.8, 4) is 0 Å². The van der Waals surface area contributed by atoms with Crippen LogP contribution in [0.1, 0.15) is 11.4 Å². The quantitative estimate of drug-likeness (QED) is 0.511. The van der Waals surface area contributed by atoms with Gasteiger partial charge in [0.2, 0.25) is 0 Å². The number of hydrogen-bond donors (Lipinski definition) is 2. The van der Waals surface area contributed by atoms with E-state index in [-0.39, 0.29) is 0 Å². The minimum Gasteiger partial charge on any atom is -0.335 e. The van der Waals surface area contributed by atoms with Crippen molar-refractivity contribution in [2.24, 2.45) is 5.10 Å². The van der Waals surface area contributed by atoms with Gasteiger partial charge < -0.3 is 5.84 Å². The Labute approximate surface area is 107 Å². The molecule has 0 bridgehead atoms. The van der Waals surface area contributed by atoms with Crippen LogP contribution in [-0.4, -0.2) is 21.1 Å². The van der Waals surface area contributed by atoms with Gasteiger partial charge in [-0.2, -0.15) is 5.10 Å². The van der Waals surface area contributed by atoms with E-state index in [1.165, 1.54) is 4.68 Å². The van der Waals surface area contributed by atoms with Crippen LogP contribution >= 0.6 is 15.9 Å². The molecule has 3 N–H and O–H groups in total. The second-order valence-corrected chi connectivity index (χ2v) is 4.28. The fraction of sp³-hybridized carbons (Fsp3) is 0.100. The van der Waals surface area contributed by atoms with E-state index in [0.717, 1.165) is 10.0 Å². The average molecular weight is 295 g/mol. The predicted octanol–water partition coefficient (Wildman–Crippen LogP) is 1.51. The van der Waals surface area contributed by atoms with Gasteiger partial charge in [-0.05, 0) is 24.6 Å². The molecule has 2 aromatic rings. The molecule has 0 aliphatic rings. The fourth-order valence-electron chi connectivity index (χ4n) is 1.20. The van der Waals surface area contributed by atoms with Gasteiger partial charge in [0, 0.05) is 4.47 Å². The number of nitrogens with one attached hydrogen (secondary N) is 1. The summed E-state index contributed by atoms with van der Waals surface area (Å²) in [5.74, 6) is 6.67. The number of aryl methyl sites for hydroxylation is 1. The van der Waals surface area contributed by atoms with Crippen LogP contribution in [0.5, 0.6) is 0 Å². The Kier molecular flexibility index (Phi) is 3.38. The highest BCUT2D eigenvalue weighted by Crippen LogP contribution is 2.10. The van der Waals surface area contributed by atoms with Gasteiger partial charge in [0.25, 0.3) is 5.95 Å². The standard InChI is InChI=1S/C10H11BrN6/c1-7-14-16-10(17(7)12)15-13-6-8-3-2-4-9(11)5-8/h2-6H,12H2,1H3,(H,15,16)/b13-6-. The second-order valence-electron chi connectivity index (χ2n) is 3.37. The van der Waals surface area contributed by atoms with Gasteiger partial charge in [-0.1, -0.05) is 28.1 Å². The van der Waals surface area contributed by atoms with Crippen LogP contribution in [0.15, 0.2) is 33.8 Å². The summed E-state index contributed by atoms with van der Waals surface area (Å²) >= 11 is 3.39. The van der Waals surface area contributed by atoms with Gasteiger partial charge in [0.1, 0.15) is 0 Å². The van der Waals surface area contributed by atoms with E-state index in [2.05, 4.69) is 36.7 Å². The zero-order valence-corrected chi connectivity index (χ0v) is 10.7. The predicted molar refractivity (Wildman–Crippen MR) is 70.3 cm³/mol. The average Bonchev–Trinajstić information content (AvgIpc) is 2.61. The summed E-state index contributed by atoms with van der Waals surface area (Å²) < 4.78 is 2.33. The maximum absolute atomic E-state index is 5.65. The first kappa shape index (κ1) is 11.6. The molecule has 0 amide bonds. The maximum atomic E-state index is 5.65. The lowest BCUT2D eigenvalue weighted by Crippen LogP contribution is -2.13. The van der Waals surface area contributed by atoms with Crippen LogP contribution in [0.25, 0.3) is 0 Å². The van der Waals surface area contributed by atoms with Gasteiger partial charge >= 0.3 is 0 Å². The summed E-state index contributed by atoms with van der Waals surface area (Å²) in [6.07, 6.45) is 1.68. The van der Waals surface area contributed by atoms with Crippen LogP contribution < -0.4 is 11.3 Å². The molecule has 17 heavy (non-hydrogen) atoms. The molecule has 0 radical (unpaired) electrons. The molecular formula is C10H11BrN6. The van der Waals surface area contributed by atoms with Crippen molar-refractivity contribution in [1.82, 2.24) is 14.9 Å². The first-order chi connectivity index (χ1) is 8.16. The highest BCUT2D eigenvalue weighted by molar-refractivity contribution is 9.10. The van der Waals surface area contributed by atoms with Gasteiger partial charge in [-0.3, -0.25) is 0 Å². The number of hydrogen-bond acceptors (Lipinski definition) is 5. The third-order valence-corrected chi connectivity index (χ3v) is 2.59. The smallest absolute Gasteiger partial charge is 0.263 e. The van der Waals surface area contributed by atoms with Crippen molar-refractivity contribution in [2.45, 2.75) is 6.92 Å². The third kappa shape index (κ3) is 2.82. The van der Waals surface area contributed by atoms with Crippen molar-refractivity contribution in [3.05, 3.63) is 40.1 Å². The van der Waals surface area contributed by atoms with E-state index in [1.807, 2.05) is 24.3 Å². The molecule has 0 aliphatic heterocycles. The van der Waals surface area contributed by atoms with Crippen LogP contribution in [0.4, 0.5) is 5.95 Å². The molecular weight excluding hydrogens is 284 g/mol. The molecule has 0 aliphatic carbocycles. The minimum absolute atomic E-state index is 0.397. The van der Waals surface area contributed by atoms with Gasteiger partial charge in [0.05, 0.1) is 6.21 Å². The number of benzene rings is 1. The summed E-state index contributed by atoms with van der Waals surface area (Å²) in [5, 5.41) is 11.6. The zero-order valence-electron chi connectivity index (χ0n) is 9.13. The van der Waals surface area contributed by atoms with Crippen LogP contribution in [0.2, 0.25) is 0 Å². The molecule has 0 saturated heterocycles. The normalized spacial score (nSPS) is 10.9. The molecule has 1 heterocycles. The number of rotatable bonds is 3. The number of aromatic nitrogens is 3. The fourth-order valence-corrected chi connectivity index (χ4v) is 1.61. The summed E-state index contributed by atoms with van der Waals surface area (Å²) in [6.45, 7) is 1.76. The van der Waals surface area contributed by atoms with E-state index >= 15 is 0 Å². The van der Waals surface area contributed by atoms with Crippen LogP contribution in [-0.2, 0) is 0 Å². The van der Waals surface area contributed by atoms with Gasteiger partial charge in [-0.25, -0.2) is 10.1 Å². The first-order valence-corrected chi connectivity index (χ1v) is 5.68. The van der Waals surface area contributed by atoms with E-state index < -0.39 is 0 Å². The number of nitrogens with two attached hydrogens (primary N) is 1. The molecule has 0 saturated carbocycles. The number of halogens is 1. The Morgan fingerprint density at radius 3 is 2.94 bits per heavy atom. The molecule has 1 aromatic heterocycles. The molecule has 0 fully saturated rings. The summed E-state index contributed by atoms with van der Waals surface area (Å²) in [4.78, 5) is 0. The summed E-state index contributed by atoms with van der Waals surface area (Å²) in [5.41, 5.74) is 3.68. The van der Waals surface area contributed by atoms with E-state index in [0.29, 0.717) is 11.8 Å². The Morgan fingerprint density at radius 2 is 2.29 bits per heavy atom. The van der Waals surface area contributed by atoms with E-state index in [9.17, 15) is 0 Å². The van der Waals surface area contributed by atoms with Crippen molar-refractivity contribution in [3.63, 3.8) is 0 Å². The third-order valence-electron chi connectivity index (χ3n) is 2.09. The first-order valence-electron chi connectivity index (χ1n) is 4.88. The SMILES string of the molecule is Cc1nnc(N/N=C\c2cccc(Br)c2)n1N. The molecule has 6 nitrogen and oxygen atoms in total. The lowest BCUT2D eigenvalue weighted by atomic mass is 10.2. The van der Waals surface area contributed by atoms with Crippen molar-refractivity contribution in [2.75, 3.05) is 11.3 Å². The molecule has 7 heteroatoms.